The Hall–Kier alpha value is -1.24. The molecule has 0 aromatic carbocycles. The summed E-state index contributed by atoms with van der Waals surface area (Å²) in [6, 6.07) is 1.90. The summed E-state index contributed by atoms with van der Waals surface area (Å²) in [7, 11) is 0. The first kappa shape index (κ1) is 10.8. The number of halogens is 1. The summed E-state index contributed by atoms with van der Waals surface area (Å²) in [5, 5.41) is 18.9. The molecule has 0 amide bonds. The van der Waals surface area contributed by atoms with E-state index in [1.165, 1.54) is 12.1 Å². The molecule has 1 atom stereocenters. The molecule has 7 heteroatoms. The van der Waals surface area contributed by atoms with Crippen molar-refractivity contribution in [3.63, 3.8) is 0 Å². The molecule has 0 radical (unpaired) electrons. The fourth-order valence-electron chi connectivity index (χ4n) is 0.877. The van der Waals surface area contributed by atoms with Gasteiger partial charge in [-0.3, -0.25) is 10.1 Å². The summed E-state index contributed by atoms with van der Waals surface area (Å²) < 4.78 is 0. The lowest BCUT2D eigenvalue weighted by atomic mass is 10.2. The van der Waals surface area contributed by atoms with E-state index in [-0.39, 0.29) is 17.4 Å². The Labute approximate surface area is 84.5 Å². The number of aliphatic hydroxyl groups excluding tert-OH is 1. The van der Waals surface area contributed by atoms with E-state index in [0.29, 0.717) is 5.69 Å². The molecule has 0 bridgehead atoms. The molecule has 14 heavy (non-hydrogen) atoms. The number of aliphatic hydroxyl groups is 1. The fraction of sp³-hybridized carbons (Fsp3) is 0.286. The second-order valence-electron chi connectivity index (χ2n) is 2.59. The van der Waals surface area contributed by atoms with Gasteiger partial charge < -0.3 is 10.8 Å². The molecule has 1 heterocycles. The van der Waals surface area contributed by atoms with Gasteiger partial charge in [0.1, 0.15) is 0 Å². The normalized spacial score (nSPS) is 12.5. The van der Waals surface area contributed by atoms with E-state index in [4.69, 9.17) is 22.4 Å². The number of nitrogens with zero attached hydrogens (tertiary/aromatic N) is 2. The van der Waals surface area contributed by atoms with Gasteiger partial charge in [-0.05, 0) is 6.07 Å². The molecule has 0 fully saturated rings. The predicted molar refractivity (Wildman–Crippen MR) is 49.9 cm³/mol. The second-order valence-corrected chi connectivity index (χ2v) is 2.95. The minimum atomic E-state index is -0.673. The standard InChI is InChI=1S/C7H8ClN3O3/c8-7-6(11(13)14)2-1-5(10-7)4(9)3-12/h1-2,4,12H,3,9H2. The van der Waals surface area contributed by atoms with Crippen molar-refractivity contribution in [2.45, 2.75) is 6.04 Å². The Morgan fingerprint density at radius 3 is 2.79 bits per heavy atom. The van der Waals surface area contributed by atoms with Crippen LogP contribution in [0.15, 0.2) is 12.1 Å². The van der Waals surface area contributed by atoms with Crippen LogP contribution in [0.1, 0.15) is 11.7 Å². The van der Waals surface area contributed by atoms with Crippen LogP contribution in [0, 0.1) is 10.1 Å². The minimum absolute atomic E-state index is 0.226. The Morgan fingerprint density at radius 2 is 2.36 bits per heavy atom. The van der Waals surface area contributed by atoms with Crippen LogP contribution in [0.25, 0.3) is 0 Å². The van der Waals surface area contributed by atoms with E-state index in [0.717, 1.165) is 0 Å². The maximum absolute atomic E-state index is 10.4. The average molecular weight is 218 g/mol. The summed E-state index contributed by atoms with van der Waals surface area (Å²) in [6.07, 6.45) is 0. The van der Waals surface area contributed by atoms with Crippen molar-refractivity contribution in [2.24, 2.45) is 5.73 Å². The highest BCUT2D eigenvalue weighted by Gasteiger charge is 2.15. The van der Waals surface area contributed by atoms with Gasteiger partial charge in [0.15, 0.2) is 0 Å². The van der Waals surface area contributed by atoms with E-state index >= 15 is 0 Å². The van der Waals surface area contributed by atoms with Crippen molar-refractivity contribution in [3.05, 3.63) is 33.1 Å². The van der Waals surface area contributed by atoms with Crippen LogP contribution in [0.4, 0.5) is 5.69 Å². The number of pyridine rings is 1. The van der Waals surface area contributed by atoms with Gasteiger partial charge in [0.25, 0.3) is 0 Å². The molecule has 76 valence electrons. The zero-order valence-electron chi connectivity index (χ0n) is 7.05. The third kappa shape index (κ3) is 2.16. The molecular weight excluding hydrogens is 210 g/mol. The van der Waals surface area contributed by atoms with Crippen LogP contribution in [-0.2, 0) is 0 Å². The van der Waals surface area contributed by atoms with Crippen LogP contribution in [0.2, 0.25) is 5.15 Å². The predicted octanol–water partition coefficient (Wildman–Crippen LogP) is 0.635. The zero-order valence-corrected chi connectivity index (χ0v) is 7.81. The summed E-state index contributed by atoms with van der Waals surface area (Å²) in [5.74, 6) is 0. The Bertz CT molecular complexity index is 358. The summed E-state index contributed by atoms with van der Waals surface area (Å²) in [4.78, 5) is 13.4. The van der Waals surface area contributed by atoms with E-state index in [1.807, 2.05) is 0 Å². The lowest BCUT2D eigenvalue weighted by Gasteiger charge is -2.06. The zero-order chi connectivity index (χ0) is 10.7. The van der Waals surface area contributed by atoms with Gasteiger partial charge in [0.2, 0.25) is 5.15 Å². The Balaban J connectivity index is 3.06. The Kier molecular flexibility index (Phi) is 3.34. The number of hydrogen-bond donors (Lipinski definition) is 2. The molecule has 0 aliphatic rings. The van der Waals surface area contributed by atoms with Crippen molar-refractivity contribution in [2.75, 3.05) is 6.61 Å². The molecule has 0 aliphatic heterocycles. The highest BCUT2D eigenvalue weighted by molar-refractivity contribution is 6.31. The lowest BCUT2D eigenvalue weighted by Crippen LogP contribution is -2.16. The number of nitrogens with two attached hydrogens (primary N) is 1. The summed E-state index contributed by atoms with van der Waals surface area (Å²) in [5.41, 5.74) is 5.49. The van der Waals surface area contributed by atoms with Gasteiger partial charge in [-0.2, -0.15) is 0 Å². The van der Waals surface area contributed by atoms with Gasteiger partial charge in [-0.25, -0.2) is 4.98 Å². The molecular formula is C7H8ClN3O3. The van der Waals surface area contributed by atoms with E-state index in [2.05, 4.69) is 4.98 Å². The Morgan fingerprint density at radius 1 is 1.71 bits per heavy atom. The molecule has 1 unspecified atom stereocenters. The number of rotatable bonds is 3. The first-order valence-corrected chi connectivity index (χ1v) is 4.11. The molecule has 0 aliphatic carbocycles. The highest BCUT2D eigenvalue weighted by Crippen LogP contribution is 2.23. The molecule has 6 nitrogen and oxygen atoms in total. The third-order valence-electron chi connectivity index (χ3n) is 1.62. The van der Waals surface area contributed by atoms with Gasteiger partial charge >= 0.3 is 5.69 Å². The summed E-state index contributed by atoms with van der Waals surface area (Å²) >= 11 is 5.54. The maximum Gasteiger partial charge on any atom is 0.306 e. The van der Waals surface area contributed by atoms with Crippen molar-refractivity contribution in [3.8, 4) is 0 Å². The van der Waals surface area contributed by atoms with Crippen LogP contribution in [-0.4, -0.2) is 21.6 Å². The third-order valence-corrected chi connectivity index (χ3v) is 1.90. The number of nitro groups is 1. The number of aromatic nitrogens is 1. The first-order chi connectivity index (χ1) is 6.56. The molecule has 0 spiro atoms. The van der Waals surface area contributed by atoms with E-state index in [1.54, 1.807) is 0 Å². The highest BCUT2D eigenvalue weighted by atomic mass is 35.5. The SMILES string of the molecule is NC(CO)c1ccc([N+](=O)[O-])c(Cl)n1. The van der Waals surface area contributed by atoms with Crippen LogP contribution >= 0.6 is 11.6 Å². The number of hydrogen-bond acceptors (Lipinski definition) is 5. The van der Waals surface area contributed by atoms with Crippen molar-refractivity contribution in [1.29, 1.82) is 0 Å². The largest absolute Gasteiger partial charge is 0.394 e. The van der Waals surface area contributed by atoms with Crippen LogP contribution in [0.3, 0.4) is 0 Å². The molecule has 0 saturated carbocycles. The van der Waals surface area contributed by atoms with Gasteiger partial charge in [0.05, 0.1) is 23.3 Å². The van der Waals surface area contributed by atoms with Crippen molar-refractivity contribution >= 4 is 17.3 Å². The van der Waals surface area contributed by atoms with Crippen LogP contribution < -0.4 is 5.73 Å². The van der Waals surface area contributed by atoms with E-state index < -0.39 is 11.0 Å². The monoisotopic (exact) mass is 217 g/mol. The summed E-state index contributed by atoms with van der Waals surface area (Å²) in [6.45, 7) is -0.291. The lowest BCUT2D eigenvalue weighted by molar-refractivity contribution is -0.385. The van der Waals surface area contributed by atoms with Gasteiger partial charge in [0, 0.05) is 6.07 Å². The molecule has 3 N–H and O–H groups in total. The molecule has 0 saturated heterocycles. The second kappa shape index (κ2) is 4.32. The fourth-order valence-corrected chi connectivity index (χ4v) is 1.11. The van der Waals surface area contributed by atoms with Crippen molar-refractivity contribution < 1.29 is 10.0 Å². The topological polar surface area (TPSA) is 102 Å². The van der Waals surface area contributed by atoms with Gasteiger partial charge in [-0.15, -0.1) is 0 Å². The van der Waals surface area contributed by atoms with Gasteiger partial charge in [-0.1, -0.05) is 11.6 Å². The smallest absolute Gasteiger partial charge is 0.306 e. The molecule has 1 rings (SSSR count). The van der Waals surface area contributed by atoms with E-state index in [9.17, 15) is 10.1 Å². The maximum atomic E-state index is 10.4. The molecule has 1 aromatic heterocycles. The average Bonchev–Trinajstić information content (AvgIpc) is 2.15. The first-order valence-electron chi connectivity index (χ1n) is 3.73. The van der Waals surface area contributed by atoms with Crippen molar-refractivity contribution in [1.82, 2.24) is 4.98 Å². The minimum Gasteiger partial charge on any atom is -0.394 e. The quantitative estimate of drug-likeness (QED) is 0.439. The molecule has 1 aromatic rings. The van der Waals surface area contributed by atoms with Crippen LogP contribution in [0.5, 0.6) is 0 Å².